The maximum atomic E-state index is 12.3. The van der Waals surface area contributed by atoms with Crippen molar-refractivity contribution in [1.82, 2.24) is 14.8 Å². The first-order chi connectivity index (χ1) is 10.5. The standard InChI is InChI=1S/C15H13ClN4OS/c1-9-13(14(21)19-12-7-17-20(2)8-12)22-15(18-9)10-3-5-11(16)6-4-10/h3-8H,1-2H3,(H,19,21). The molecule has 1 amide bonds. The molecule has 0 saturated heterocycles. The maximum absolute atomic E-state index is 12.3. The Kier molecular flexibility index (Phi) is 3.96. The van der Waals surface area contributed by atoms with E-state index in [4.69, 9.17) is 11.6 Å². The highest BCUT2D eigenvalue weighted by Gasteiger charge is 2.16. The normalized spacial score (nSPS) is 10.7. The average molecular weight is 333 g/mol. The van der Waals surface area contributed by atoms with E-state index in [9.17, 15) is 4.79 Å². The summed E-state index contributed by atoms with van der Waals surface area (Å²) in [7, 11) is 1.80. The fourth-order valence-electron chi connectivity index (χ4n) is 2.00. The van der Waals surface area contributed by atoms with E-state index < -0.39 is 0 Å². The van der Waals surface area contributed by atoms with Gasteiger partial charge in [0.15, 0.2) is 0 Å². The van der Waals surface area contributed by atoms with E-state index in [-0.39, 0.29) is 5.91 Å². The summed E-state index contributed by atoms with van der Waals surface area (Å²) in [6, 6.07) is 7.40. The van der Waals surface area contributed by atoms with E-state index >= 15 is 0 Å². The average Bonchev–Trinajstić information content (AvgIpc) is 3.06. The quantitative estimate of drug-likeness (QED) is 0.794. The number of nitrogens with one attached hydrogen (secondary N) is 1. The number of carbonyl (C=O) groups is 1. The molecule has 0 fully saturated rings. The summed E-state index contributed by atoms with van der Waals surface area (Å²) < 4.78 is 1.63. The number of aryl methyl sites for hydroxylation is 2. The fourth-order valence-corrected chi connectivity index (χ4v) is 3.09. The smallest absolute Gasteiger partial charge is 0.267 e. The van der Waals surface area contributed by atoms with E-state index in [0.29, 0.717) is 21.3 Å². The highest BCUT2D eigenvalue weighted by molar-refractivity contribution is 7.17. The predicted octanol–water partition coefficient (Wildman–Crippen LogP) is 3.76. The van der Waals surface area contributed by atoms with E-state index in [1.807, 2.05) is 31.2 Å². The van der Waals surface area contributed by atoms with E-state index in [1.54, 1.807) is 24.1 Å². The molecule has 0 spiro atoms. The summed E-state index contributed by atoms with van der Waals surface area (Å²) in [5.74, 6) is -0.178. The molecule has 7 heteroatoms. The molecular formula is C15H13ClN4OS. The van der Waals surface area contributed by atoms with Crippen LogP contribution in [0.2, 0.25) is 5.02 Å². The Labute approximate surface area is 136 Å². The summed E-state index contributed by atoms with van der Waals surface area (Å²) >= 11 is 7.25. The van der Waals surface area contributed by atoms with Gasteiger partial charge < -0.3 is 5.32 Å². The summed E-state index contributed by atoms with van der Waals surface area (Å²) in [6.07, 6.45) is 3.35. The van der Waals surface area contributed by atoms with Crippen LogP contribution in [0, 0.1) is 6.92 Å². The van der Waals surface area contributed by atoms with Gasteiger partial charge in [-0.3, -0.25) is 9.48 Å². The van der Waals surface area contributed by atoms with Crippen LogP contribution in [-0.2, 0) is 7.05 Å². The second-order valence-electron chi connectivity index (χ2n) is 4.80. The van der Waals surface area contributed by atoms with Gasteiger partial charge in [-0.25, -0.2) is 4.98 Å². The lowest BCUT2D eigenvalue weighted by atomic mass is 10.2. The highest BCUT2D eigenvalue weighted by atomic mass is 35.5. The fraction of sp³-hybridized carbons (Fsp3) is 0.133. The molecule has 2 heterocycles. The molecule has 0 radical (unpaired) electrons. The molecule has 0 saturated carbocycles. The van der Waals surface area contributed by atoms with Crippen LogP contribution in [0.25, 0.3) is 10.6 Å². The van der Waals surface area contributed by atoms with E-state index in [2.05, 4.69) is 15.4 Å². The van der Waals surface area contributed by atoms with Crippen molar-refractivity contribution in [3.63, 3.8) is 0 Å². The first kappa shape index (κ1) is 14.7. The predicted molar refractivity (Wildman–Crippen MR) is 88.5 cm³/mol. The zero-order valence-electron chi connectivity index (χ0n) is 12.0. The Morgan fingerprint density at radius 1 is 1.32 bits per heavy atom. The largest absolute Gasteiger partial charge is 0.319 e. The molecule has 0 atom stereocenters. The number of anilines is 1. The van der Waals surface area contributed by atoms with Crippen LogP contribution in [0.4, 0.5) is 5.69 Å². The van der Waals surface area contributed by atoms with Gasteiger partial charge in [-0.2, -0.15) is 5.10 Å². The third-order valence-electron chi connectivity index (χ3n) is 3.06. The van der Waals surface area contributed by atoms with Crippen molar-refractivity contribution in [2.24, 2.45) is 7.05 Å². The Hall–Kier alpha value is -2.18. The van der Waals surface area contributed by atoms with Crippen molar-refractivity contribution in [1.29, 1.82) is 0 Å². The van der Waals surface area contributed by atoms with Crippen LogP contribution in [0.3, 0.4) is 0 Å². The van der Waals surface area contributed by atoms with Gasteiger partial charge in [0.2, 0.25) is 0 Å². The van der Waals surface area contributed by atoms with Gasteiger partial charge in [-0.05, 0) is 19.1 Å². The van der Waals surface area contributed by atoms with Crippen molar-refractivity contribution in [2.45, 2.75) is 6.92 Å². The molecular weight excluding hydrogens is 320 g/mol. The zero-order chi connectivity index (χ0) is 15.7. The van der Waals surface area contributed by atoms with Crippen LogP contribution >= 0.6 is 22.9 Å². The van der Waals surface area contributed by atoms with Crippen LogP contribution in [-0.4, -0.2) is 20.7 Å². The van der Waals surface area contributed by atoms with Crippen molar-refractivity contribution in [3.8, 4) is 10.6 Å². The van der Waals surface area contributed by atoms with Gasteiger partial charge in [0, 0.05) is 23.8 Å². The van der Waals surface area contributed by atoms with Gasteiger partial charge in [0.05, 0.1) is 17.6 Å². The maximum Gasteiger partial charge on any atom is 0.267 e. The Balaban J connectivity index is 1.85. The Morgan fingerprint density at radius 2 is 2.05 bits per heavy atom. The number of carbonyl (C=O) groups excluding carboxylic acids is 1. The Bertz CT molecular complexity index is 822. The summed E-state index contributed by atoms with van der Waals surface area (Å²) in [4.78, 5) is 17.4. The first-order valence-electron chi connectivity index (χ1n) is 6.56. The number of hydrogen-bond acceptors (Lipinski definition) is 4. The lowest BCUT2D eigenvalue weighted by Gasteiger charge is -1.99. The number of benzene rings is 1. The summed E-state index contributed by atoms with van der Waals surface area (Å²) in [5.41, 5.74) is 2.31. The third-order valence-corrected chi connectivity index (χ3v) is 4.51. The van der Waals surface area contributed by atoms with Crippen molar-refractivity contribution in [2.75, 3.05) is 5.32 Å². The van der Waals surface area contributed by atoms with Crippen molar-refractivity contribution < 1.29 is 4.79 Å². The molecule has 112 valence electrons. The number of rotatable bonds is 3. The van der Waals surface area contributed by atoms with Gasteiger partial charge >= 0.3 is 0 Å². The molecule has 22 heavy (non-hydrogen) atoms. The Morgan fingerprint density at radius 3 is 2.68 bits per heavy atom. The summed E-state index contributed by atoms with van der Waals surface area (Å²) in [5, 5.41) is 8.31. The lowest BCUT2D eigenvalue weighted by molar-refractivity contribution is 0.103. The van der Waals surface area contributed by atoms with Gasteiger partial charge in [0.25, 0.3) is 5.91 Å². The highest BCUT2D eigenvalue weighted by Crippen LogP contribution is 2.29. The zero-order valence-corrected chi connectivity index (χ0v) is 13.6. The number of nitrogens with zero attached hydrogens (tertiary/aromatic N) is 3. The molecule has 1 aromatic carbocycles. The minimum Gasteiger partial charge on any atom is -0.319 e. The third kappa shape index (κ3) is 3.03. The molecule has 0 unspecified atom stereocenters. The van der Waals surface area contributed by atoms with Crippen molar-refractivity contribution >= 4 is 34.5 Å². The number of aromatic nitrogens is 3. The van der Waals surface area contributed by atoms with Gasteiger partial charge in [-0.1, -0.05) is 23.7 Å². The molecule has 3 aromatic rings. The minimum atomic E-state index is -0.178. The van der Waals surface area contributed by atoms with E-state index in [0.717, 1.165) is 10.6 Å². The molecule has 5 nitrogen and oxygen atoms in total. The molecule has 0 aliphatic rings. The number of amides is 1. The van der Waals surface area contributed by atoms with Crippen LogP contribution in [0.5, 0.6) is 0 Å². The van der Waals surface area contributed by atoms with Crippen molar-refractivity contribution in [3.05, 3.63) is 52.3 Å². The molecule has 0 aliphatic carbocycles. The SMILES string of the molecule is Cc1nc(-c2ccc(Cl)cc2)sc1C(=O)Nc1cnn(C)c1. The topological polar surface area (TPSA) is 59.8 Å². The van der Waals surface area contributed by atoms with Gasteiger partial charge in [0.1, 0.15) is 9.88 Å². The first-order valence-corrected chi connectivity index (χ1v) is 7.76. The molecule has 2 aromatic heterocycles. The lowest BCUT2D eigenvalue weighted by Crippen LogP contribution is -2.10. The van der Waals surface area contributed by atoms with Gasteiger partial charge in [-0.15, -0.1) is 11.3 Å². The molecule has 1 N–H and O–H groups in total. The second kappa shape index (κ2) is 5.90. The van der Waals surface area contributed by atoms with Crippen LogP contribution in [0.15, 0.2) is 36.7 Å². The number of hydrogen-bond donors (Lipinski definition) is 1. The second-order valence-corrected chi connectivity index (χ2v) is 6.23. The number of thiazole rings is 1. The van der Waals surface area contributed by atoms with Crippen LogP contribution < -0.4 is 5.32 Å². The van der Waals surface area contributed by atoms with Crippen LogP contribution in [0.1, 0.15) is 15.4 Å². The minimum absolute atomic E-state index is 0.178. The molecule has 3 rings (SSSR count). The number of halogens is 1. The van der Waals surface area contributed by atoms with E-state index in [1.165, 1.54) is 11.3 Å². The molecule has 0 bridgehead atoms. The molecule has 0 aliphatic heterocycles. The monoisotopic (exact) mass is 332 g/mol. The summed E-state index contributed by atoms with van der Waals surface area (Å²) in [6.45, 7) is 1.83.